The van der Waals surface area contributed by atoms with Crippen LogP contribution in [0.2, 0.25) is 0 Å². The molecule has 2 aromatic rings. The molecule has 144 valence electrons. The summed E-state index contributed by atoms with van der Waals surface area (Å²) in [4.78, 5) is 16.9. The number of hydrazine groups is 1. The minimum atomic E-state index is -0.278. The number of amides is 1. The molecule has 1 aliphatic rings. The molecule has 3 N–H and O–H groups in total. The maximum Gasteiger partial charge on any atom is 0.238 e. The van der Waals surface area contributed by atoms with Crippen molar-refractivity contribution in [3.8, 4) is 5.75 Å². The molecule has 2 atom stereocenters. The Hall–Kier alpha value is -2.44. The Morgan fingerprint density at radius 2 is 2.15 bits per heavy atom. The summed E-state index contributed by atoms with van der Waals surface area (Å²) in [6.07, 6.45) is 2.44. The number of ether oxygens (including phenoxy) is 1. The Morgan fingerprint density at radius 3 is 2.81 bits per heavy atom. The third-order valence-electron chi connectivity index (χ3n) is 5.03. The highest BCUT2D eigenvalue weighted by atomic mass is 16.5. The molecule has 0 aliphatic carbocycles. The molecule has 1 aromatic carbocycles. The highest BCUT2D eigenvalue weighted by Gasteiger charge is 2.30. The van der Waals surface area contributed by atoms with Gasteiger partial charge in [-0.15, -0.1) is 0 Å². The summed E-state index contributed by atoms with van der Waals surface area (Å²) in [6.45, 7) is 6.82. The van der Waals surface area contributed by atoms with Gasteiger partial charge >= 0.3 is 0 Å². The molecule has 0 bridgehead atoms. The van der Waals surface area contributed by atoms with Crippen molar-refractivity contribution in [2.24, 2.45) is 0 Å². The van der Waals surface area contributed by atoms with Crippen LogP contribution in [0.15, 0.2) is 36.5 Å². The molecule has 3 rings (SSSR count). The van der Waals surface area contributed by atoms with Crippen LogP contribution in [0.5, 0.6) is 5.75 Å². The minimum Gasteiger partial charge on any atom is -0.496 e. The van der Waals surface area contributed by atoms with E-state index in [4.69, 9.17) is 4.74 Å². The second-order valence-corrected chi connectivity index (χ2v) is 7.28. The van der Waals surface area contributed by atoms with Gasteiger partial charge in [-0.1, -0.05) is 19.9 Å². The highest BCUT2D eigenvalue weighted by molar-refractivity contribution is 5.82. The van der Waals surface area contributed by atoms with Crippen LogP contribution >= 0.6 is 0 Å². The SMILES string of the molecule is COc1cc(C)c(CNC(=O)C2CC(c3ccccn3)NN2)cc1C(C)C. The first-order valence-corrected chi connectivity index (χ1v) is 9.36. The number of aryl methyl sites for hydroxylation is 1. The quantitative estimate of drug-likeness (QED) is 0.731. The fourth-order valence-corrected chi connectivity index (χ4v) is 3.37. The predicted octanol–water partition coefficient (Wildman–Crippen LogP) is 2.75. The third-order valence-corrected chi connectivity index (χ3v) is 5.03. The molecule has 1 saturated heterocycles. The molecule has 2 unspecified atom stereocenters. The zero-order valence-electron chi connectivity index (χ0n) is 16.4. The molecule has 27 heavy (non-hydrogen) atoms. The van der Waals surface area contributed by atoms with Crippen molar-refractivity contribution in [2.45, 2.75) is 51.7 Å². The summed E-state index contributed by atoms with van der Waals surface area (Å²) in [5, 5.41) is 3.05. The second-order valence-electron chi connectivity index (χ2n) is 7.28. The largest absolute Gasteiger partial charge is 0.496 e. The van der Waals surface area contributed by atoms with Gasteiger partial charge in [0.25, 0.3) is 0 Å². The van der Waals surface area contributed by atoms with Crippen LogP contribution in [0.4, 0.5) is 0 Å². The Labute approximate surface area is 160 Å². The average molecular weight is 368 g/mol. The summed E-state index contributed by atoms with van der Waals surface area (Å²) >= 11 is 0. The number of hydrogen-bond donors (Lipinski definition) is 3. The third kappa shape index (κ3) is 4.46. The predicted molar refractivity (Wildman–Crippen MR) is 105 cm³/mol. The monoisotopic (exact) mass is 368 g/mol. The Kier molecular flexibility index (Phi) is 6.08. The lowest BCUT2D eigenvalue weighted by molar-refractivity contribution is -0.123. The van der Waals surface area contributed by atoms with E-state index in [9.17, 15) is 4.79 Å². The number of pyridine rings is 1. The summed E-state index contributed by atoms with van der Waals surface area (Å²) in [5.74, 6) is 1.24. The number of aromatic nitrogens is 1. The van der Waals surface area contributed by atoms with Gasteiger partial charge in [-0.3, -0.25) is 9.78 Å². The van der Waals surface area contributed by atoms with E-state index in [0.717, 1.165) is 28.1 Å². The number of nitrogens with zero attached hydrogens (tertiary/aromatic N) is 1. The topological polar surface area (TPSA) is 75.3 Å². The van der Waals surface area contributed by atoms with Crippen molar-refractivity contribution in [1.82, 2.24) is 21.2 Å². The van der Waals surface area contributed by atoms with E-state index in [1.807, 2.05) is 31.2 Å². The van der Waals surface area contributed by atoms with Crippen molar-refractivity contribution < 1.29 is 9.53 Å². The molecule has 2 heterocycles. The Morgan fingerprint density at radius 1 is 1.33 bits per heavy atom. The van der Waals surface area contributed by atoms with Crippen LogP contribution in [-0.2, 0) is 11.3 Å². The van der Waals surface area contributed by atoms with Crippen LogP contribution < -0.4 is 20.9 Å². The average Bonchev–Trinajstić information content (AvgIpc) is 3.17. The smallest absolute Gasteiger partial charge is 0.238 e. The molecule has 1 aromatic heterocycles. The van der Waals surface area contributed by atoms with E-state index in [2.05, 4.69) is 41.1 Å². The molecule has 0 radical (unpaired) electrons. The first-order valence-electron chi connectivity index (χ1n) is 9.36. The highest BCUT2D eigenvalue weighted by Crippen LogP contribution is 2.29. The van der Waals surface area contributed by atoms with Crippen LogP contribution in [0.3, 0.4) is 0 Å². The number of carbonyl (C=O) groups excluding carboxylic acids is 1. The van der Waals surface area contributed by atoms with Crippen molar-refractivity contribution >= 4 is 5.91 Å². The van der Waals surface area contributed by atoms with Gasteiger partial charge < -0.3 is 10.1 Å². The van der Waals surface area contributed by atoms with Crippen molar-refractivity contribution in [2.75, 3.05) is 7.11 Å². The van der Waals surface area contributed by atoms with Gasteiger partial charge in [0, 0.05) is 12.7 Å². The fraction of sp³-hybridized carbons (Fsp3) is 0.429. The second kappa shape index (κ2) is 8.50. The molecule has 0 spiro atoms. The first-order chi connectivity index (χ1) is 13.0. The van der Waals surface area contributed by atoms with Gasteiger partial charge in [0.1, 0.15) is 11.8 Å². The molecule has 1 amide bonds. The van der Waals surface area contributed by atoms with Crippen LogP contribution in [0, 0.1) is 6.92 Å². The molecular weight excluding hydrogens is 340 g/mol. The first kappa shape index (κ1) is 19.3. The van der Waals surface area contributed by atoms with Gasteiger partial charge in [0.2, 0.25) is 5.91 Å². The molecule has 0 saturated carbocycles. The summed E-state index contributed by atoms with van der Waals surface area (Å²) in [5.41, 5.74) is 10.6. The van der Waals surface area contributed by atoms with Gasteiger partial charge in [0.15, 0.2) is 0 Å². The van der Waals surface area contributed by atoms with Crippen LogP contribution in [-0.4, -0.2) is 24.0 Å². The lowest BCUT2D eigenvalue weighted by Gasteiger charge is -2.17. The molecule has 6 nitrogen and oxygen atoms in total. The minimum absolute atomic E-state index is 0.0118. The summed E-state index contributed by atoms with van der Waals surface area (Å²) in [7, 11) is 1.69. The number of carbonyl (C=O) groups is 1. The summed E-state index contributed by atoms with van der Waals surface area (Å²) in [6, 6.07) is 9.75. The van der Waals surface area contributed by atoms with E-state index in [1.165, 1.54) is 0 Å². The zero-order valence-corrected chi connectivity index (χ0v) is 16.4. The fourth-order valence-electron chi connectivity index (χ4n) is 3.37. The van der Waals surface area contributed by atoms with E-state index in [-0.39, 0.29) is 18.0 Å². The lowest BCUT2D eigenvalue weighted by Crippen LogP contribution is -2.43. The van der Waals surface area contributed by atoms with Gasteiger partial charge in [0.05, 0.1) is 18.8 Å². The zero-order chi connectivity index (χ0) is 19.4. The van der Waals surface area contributed by atoms with Gasteiger partial charge in [-0.25, -0.2) is 10.9 Å². The van der Waals surface area contributed by atoms with E-state index < -0.39 is 0 Å². The molecule has 1 aliphatic heterocycles. The Balaban J connectivity index is 1.62. The standard InChI is InChI=1S/C21H28N4O2/c1-13(2)16-10-15(14(3)9-20(16)27-4)12-23-21(26)19-11-18(24-25-19)17-7-5-6-8-22-17/h5-10,13,18-19,24-25H,11-12H2,1-4H3,(H,23,26). The van der Waals surface area contributed by atoms with E-state index >= 15 is 0 Å². The Bertz CT molecular complexity index is 792. The van der Waals surface area contributed by atoms with E-state index in [1.54, 1.807) is 13.3 Å². The maximum atomic E-state index is 12.6. The number of nitrogens with one attached hydrogen (secondary N) is 3. The number of methoxy groups -OCH3 is 1. The normalized spacial score (nSPS) is 19.3. The van der Waals surface area contributed by atoms with Crippen LogP contribution in [0.1, 0.15) is 54.6 Å². The van der Waals surface area contributed by atoms with Crippen molar-refractivity contribution in [3.05, 3.63) is 58.9 Å². The maximum absolute atomic E-state index is 12.6. The molecule has 6 heteroatoms. The summed E-state index contributed by atoms with van der Waals surface area (Å²) < 4.78 is 5.49. The van der Waals surface area contributed by atoms with Gasteiger partial charge in [-0.2, -0.15) is 0 Å². The van der Waals surface area contributed by atoms with E-state index in [0.29, 0.717) is 18.9 Å². The molecular formula is C21H28N4O2. The number of hydrogen-bond acceptors (Lipinski definition) is 5. The molecule has 1 fully saturated rings. The number of rotatable bonds is 6. The van der Waals surface area contributed by atoms with Crippen LogP contribution in [0.25, 0.3) is 0 Å². The van der Waals surface area contributed by atoms with Crippen molar-refractivity contribution in [3.63, 3.8) is 0 Å². The lowest BCUT2D eigenvalue weighted by atomic mass is 9.96. The number of benzene rings is 1. The van der Waals surface area contributed by atoms with Crippen molar-refractivity contribution in [1.29, 1.82) is 0 Å². The van der Waals surface area contributed by atoms with Gasteiger partial charge in [-0.05, 0) is 60.2 Å².